The molecule has 28 heavy (non-hydrogen) atoms. The van der Waals surface area contributed by atoms with Gasteiger partial charge in [0.25, 0.3) is 0 Å². The summed E-state index contributed by atoms with van der Waals surface area (Å²) in [6.07, 6.45) is 0.741. The highest BCUT2D eigenvalue weighted by atomic mass is 16.6. The third-order valence-corrected chi connectivity index (χ3v) is 5.08. The maximum atomic E-state index is 12.3. The molecule has 152 valence electrons. The van der Waals surface area contributed by atoms with Gasteiger partial charge in [-0.2, -0.15) is 5.10 Å². The molecule has 0 bridgehead atoms. The first-order chi connectivity index (χ1) is 12.9. The first kappa shape index (κ1) is 21.6. The lowest BCUT2D eigenvalue weighted by Gasteiger charge is -2.22. The fourth-order valence-electron chi connectivity index (χ4n) is 3.45. The Morgan fingerprint density at radius 2 is 1.75 bits per heavy atom. The minimum absolute atomic E-state index is 0.0263. The molecule has 0 aliphatic rings. The molecule has 2 aromatic rings. The minimum Gasteiger partial charge on any atom is -0.354 e. The smallest absolute Gasteiger partial charge is 0.312 e. The zero-order valence-corrected chi connectivity index (χ0v) is 17.8. The van der Waals surface area contributed by atoms with Crippen LogP contribution in [-0.2, 0) is 23.2 Å². The lowest BCUT2D eigenvalue weighted by atomic mass is 9.83. The van der Waals surface area contributed by atoms with Gasteiger partial charge in [0.05, 0.1) is 4.92 Å². The number of rotatable bonds is 6. The normalized spacial score (nSPS) is 11.5. The molecule has 0 radical (unpaired) electrons. The van der Waals surface area contributed by atoms with E-state index in [0.29, 0.717) is 17.9 Å². The summed E-state index contributed by atoms with van der Waals surface area (Å²) in [5, 5.41) is 18.1. The van der Waals surface area contributed by atoms with Gasteiger partial charge in [0.1, 0.15) is 17.9 Å². The van der Waals surface area contributed by atoms with Gasteiger partial charge in [0.2, 0.25) is 5.91 Å². The van der Waals surface area contributed by atoms with Crippen molar-refractivity contribution in [1.29, 1.82) is 0 Å². The van der Waals surface area contributed by atoms with Crippen molar-refractivity contribution in [2.24, 2.45) is 0 Å². The van der Waals surface area contributed by atoms with Crippen molar-refractivity contribution in [3.05, 3.63) is 55.9 Å². The van der Waals surface area contributed by atoms with Gasteiger partial charge in [-0.15, -0.1) is 0 Å². The van der Waals surface area contributed by atoms with E-state index in [-0.39, 0.29) is 23.6 Å². The Labute approximate surface area is 166 Å². The Hall–Kier alpha value is -2.70. The van der Waals surface area contributed by atoms with Crippen molar-refractivity contribution >= 4 is 11.6 Å². The lowest BCUT2D eigenvalue weighted by Crippen LogP contribution is -2.30. The van der Waals surface area contributed by atoms with Crippen molar-refractivity contribution in [1.82, 2.24) is 15.1 Å². The molecule has 1 aromatic heterocycles. The molecule has 0 fully saturated rings. The standard InChI is InChI=1S/C21H30N4O3/c1-13-10-17(21(5,6)7)11-14(2)18(13)8-9-22-19(26)12-24-16(4)20(25(27)28)15(3)23-24/h10-11H,8-9,12H2,1-7H3,(H,22,26). The first-order valence-electron chi connectivity index (χ1n) is 9.47. The molecule has 0 spiro atoms. The van der Waals surface area contributed by atoms with E-state index >= 15 is 0 Å². The fraction of sp³-hybridized carbons (Fsp3) is 0.524. The fourth-order valence-corrected chi connectivity index (χ4v) is 3.45. The monoisotopic (exact) mass is 386 g/mol. The Morgan fingerprint density at radius 1 is 1.18 bits per heavy atom. The van der Waals surface area contributed by atoms with Crippen molar-refractivity contribution in [3.8, 4) is 0 Å². The number of nitrogens with one attached hydrogen (secondary N) is 1. The van der Waals surface area contributed by atoms with Crippen LogP contribution in [0.3, 0.4) is 0 Å². The third kappa shape index (κ3) is 4.77. The molecule has 1 N–H and O–H groups in total. The van der Waals surface area contributed by atoms with Crippen molar-refractivity contribution < 1.29 is 9.72 Å². The van der Waals surface area contributed by atoms with Crippen LogP contribution < -0.4 is 5.32 Å². The summed E-state index contributed by atoms with van der Waals surface area (Å²) in [5.74, 6) is -0.206. The molecular weight excluding hydrogens is 356 g/mol. The van der Waals surface area contributed by atoms with E-state index in [0.717, 1.165) is 6.42 Å². The van der Waals surface area contributed by atoms with Crippen LogP contribution in [0.15, 0.2) is 12.1 Å². The number of nitrogens with zero attached hydrogens (tertiary/aromatic N) is 3. The lowest BCUT2D eigenvalue weighted by molar-refractivity contribution is -0.386. The predicted molar refractivity (Wildman–Crippen MR) is 110 cm³/mol. The summed E-state index contributed by atoms with van der Waals surface area (Å²) in [7, 11) is 0. The molecule has 1 aromatic carbocycles. The van der Waals surface area contributed by atoms with Gasteiger partial charge in [-0.05, 0) is 61.8 Å². The third-order valence-electron chi connectivity index (χ3n) is 5.08. The van der Waals surface area contributed by atoms with Crippen LogP contribution in [-0.4, -0.2) is 27.2 Å². The molecule has 0 aliphatic heterocycles. The van der Waals surface area contributed by atoms with E-state index in [1.165, 1.54) is 26.9 Å². The zero-order chi connectivity index (χ0) is 21.2. The molecule has 7 heteroatoms. The maximum absolute atomic E-state index is 12.3. The van der Waals surface area contributed by atoms with Gasteiger partial charge >= 0.3 is 5.69 Å². The van der Waals surface area contributed by atoms with Crippen LogP contribution in [0.4, 0.5) is 5.69 Å². The molecule has 0 aliphatic carbocycles. The summed E-state index contributed by atoms with van der Waals surface area (Å²) < 4.78 is 1.39. The van der Waals surface area contributed by atoms with E-state index in [4.69, 9.17) is 0 Å². The second kappa shape index (κ2) is 8.12. The number of carbonyl (C=O) groups is 1. The molecule has 0 saturated heterocycles. The number of nitro groups is 1. The molecule has 7 nitrogen and oxygen atoms in total. The Morgan fingerprint density at radius 3 is 2.21 bits per heavy atom. The Kier molecular flexibility index (Phi) is 6.27. The number of hydrogen-bond acceptors (Lipinski definition) is 4. The molecule has 0 atom stereocenters. The average molecular weight is 386 g/mol. The second-order valence-electron chi connectivity index (χ2n) is 8.37. The summed E-state index contributed by atoms with van der Waals surface area (Å²) in [5.41, 5.74) is 5.80. The van der Waals surface area contributed by atoms with E-state index in [2.05, 4.69) is 57.2 Å². The summed E-state index contributed by atoms with van der Waals surface area (Å²) in [4.78, 5) is 22.9. The quantitative estimate of drug-likeness (QED) is 0.606. The first-order valence-corrected chi connectivity index (χ1v) is 9.47. The highest BCUT2D eigenvalue weighted by molar-refractivity contribution is 5.75. The van der Waals surface area contributed by atoms with Crippen molar-refractivity contribution in [2.45, 2.75) is 66.8 Å². The topological polar surface area (TPSA) is 90.1 Å². The number of carbonyl (C=O) groups excluding carboxylic acids is 1. The zero-order valence-electron chi connectivity index (χ0n) is 17.8. The highest BCUT2D eigenvalue weighted by Crippen LogP contribution is 2.27. The van der Waals surface area contributed by atoms with Crippen LogP contribution in [0.1, 0.15) is 54.4 Å². The SMILES string of the molecule is Cc1cc(C(C)(C)C)cc(C)c1CCNC(=O)Cn1nc(C)c([N+](=O)[O-])c1C. The Bertz CT molecular complexity index is 884. The van der Waals surface area contributed by atoms with Gasteiger partial charge < -0.3 is 5.32 Å². The molecule has 0 saturated carbocycles. The van der Waals surface area contributed by atoms with Crippen molar-refractivity contribution in [3.63, 3.8) is 0 Å². The van der Waals surface area contributed by atoms with Crippen LogP contribution in [0.2, 0.25) is 0 Å². The van der Waals surface area contributed by atoms with E-state index < -0.39 is 4.92 Å². The van der Waals surface area contributed by atoms with Gasteiger partial charge in [0.15, 0.2) is 0 Å². The van der Waals surface area contributed by atoms with Gasteiger partial charge in [-0.25, -0.2) is 0 Å². The van der Waals surface area contributed by atoms with E-state index in [1.54, 1.807) is 13.8 Å². The van der Waals surface area contributed by atoms with Crippen LogP contribution in [0.5, 0.6) is 0 Å². The van der Waals surface area contributed by atoms with Gasteiger partial charge in [-0.1, -0.05) is 32.9 Å². The number of aromatic nitrogens is 2. The molecule has 1 amide bonds. The van der Waals surface area contributed by atoms with Crippen LogP contribution >= 0.6 is 0 Å². The maximum Gasteiger partial charge on any atom is 0.312 e. The van der Waals surface area contributed by atoms with Crippen LogP contribution in [0.25, 0.3) is 0 Å². The molecule has 2 rings (SSSR count). The van der Waals surface area contributed by atoms with Crippen molar-refractivity contribution in [2.75, 3.05) is 6.54 Å². The molecule has 0 unspecified atom stereocenters. The van der Waals surface area contributed by atoms with Crippen LogP contribution in [0, 0.1) is 37.8 Å². The summed E-state index contributed by atoms with van der Waals surface area (Å²) >= 11 is 0. The average Bonchev–Trinajstić information content (AvgIpc) is 2.82. The number of benzene rings is 1. The molecular formula is C21H30N4O3. The summed E-state index contributed by atoms with van der Waals surface area (Å²) in [6, 6.07) is 4.44. The van der Waals surface area contributed by atoms with Gasteiger partial charge in [0, 0.05) is 6.54 Å². The Balaban J connectivity index is 2.00. The number of hydrogen-bond donors (Lipinski definition) is 1. The largest absolute Gasteiger partial charge is 0.354 e. The van der Waals surface area contributed by atoms with E-state index in [9.17, 15) is 14.9 Å². The second-order valence-corrected chi connectivity index (χ2v) is 8.37. The number of amides is 1. The summed E-state index contributed by atoms with van der Waals surface area (Å²) in [6.45, 7) is 14.5. The number of aryl methyl sites for hydroxylation is 3. The molecule has 1 heterocycles. The predicted octanol–water partition coefficient (Wildman–Crippen LogP) is 3.68. The van der Waals surface area contributed by atoms with Gasteiger partial charge in [-0.3, -0.25) is 19.6 Å². The highest BCUT2D eigenvalue weighted by Gasteiger charge is 2.22. The van der Waals surface area contributed by atoms with E-state index in [1.807, 2.05) is 0 Å². The minimum atomic E-state index is -0.459.